The van der Waals surface area contributed by atoms with Gasteiger partial charge in [0.2, 0.25) is 15.9 Å². The number of likely N-dealkylation sites (N-methyl/N-ethyl adjacent to an activating group) is 1. The Morgan fingerprint density at radius 3 is 2.57 bits per heavy atom. The molecule has 6 nitrogen and oxygen atoms in total. The second kappa shape index (κ2) is 6.44. The fourth-order valence-electron chi connectivity index (χ4n) is 2.11. The van der Waals surface area contributed by atoms with Gasteiger partial charge in [0.05, 0.1) is 5.75 Å². The minimum atomic E-state index is -3.52. The largest absolute Gasteiger partial charge is 0.492 e. The number of aryl methyl sites for hydroxylation is 1. The van der Waals surface area contributed by atoms with Gasteiger partial charge in [0, 0.05) is 13.6 Å². The van der Waals surface area contributed by atoms with E-state index in [-0.39, 0.29) is 18.3 Å². The molecule has 7 heteroatoms. The molecule has 0 radical (unpaired) electrons. The average Bonchev–Trinajstić information content (AvgIpc) is 2.72. The number of hydrogen-bond donors (Lipinski definition) is 1. The van der Waals surface area contributed by atoms with Gasteiger partial charge in [-0.15, -0.1) is 0 Å². The van der Waals surface area contributed by atoms with Crippen LogP contribution in [-0.2, 0) is 14.8 Å². The van der Waals surface area contributed by atoms with Crippen molar-refractivity contribution in [2.75, 3.05) is 26.0 Å². The molecule has 1 heterocycles. The van der Waals surface area contributed by atoms with Crippen LogP contribution in [0.4, 0.5) is 0 Å². The minimum Gasteiger partial charge on any atom is -0.492 e. The number of benzene rings is 1. The molecule has 1 aliphatic heterocycles. The second-order valence-electron chi connectivity index (χ2n) is 5.20. The first-order valence-electron chi connectivity index (χ1n) is 6.82. The van der Waals surface area contributed by atoms with E-state index in [0.717, 1.165) is 5.56 Å². The maximum atomic E-state index is 11.9. The summed E-state index contributed by atoms with van der Waals surface area (Å²) in [6.45, 7) is 2.59. The molecule has 1 aliphatic rings. The van der Waals surface area contributed by atoms with E-state index in [4.69, 9.17) is 4.74 Å². The van der Waals surface area contributed by atoms with Crippen LogP contribution >= 0.6 is 0 Å². The molecule has 0 saturated carbocycles. The number of ether oxygens (including phenoxy) is 1. The molecule has 1 unspecified atom stereocenters. The Labute approximate surface area is 125 Å². The Morgan fingerprint density at radius 1 is 1.33 bits per heavy atom. The lowest BCUT2D eigenvalue weighted by Gasteiger charge is -2.13. The Balaban J connectivity index is 1.81. The molecule has 21 heavy (non-hydrogen) atoms. The van der Waals surface area contributed by atoms with E-state index >= 15 is 0 Å². The van der Waals surface area contributed by atoms with Crippen molar-refractivity contribution < 1.29 is 17.9 Å². The molecule has 1 N–H and O–H groups in total. The number of nitrogens with zero attached hydrogens (tertiary/aromatic N) is 1. The third-order valence-electron chi connectivity index (χ3n) is 3.39. The van der Waals surface area contributed by atoms with Crippen molar-refractivity contribution in [2.45, 2.75) is 19.4 Å². The number of nitrogens with one attached hydrogen (secondary N) is 1. The highest BCUT2D eigenvalue weighted by molar-refractivity contribution is 7.89. The van der Waals surface area contributed by atoms with E-state index in [2.05, 4.69) is 4.72 Å². The highest BCUT2D eigenvalue weighted by atomic mass is 32.2. The fourth-order valence-corrected chi connectivity index (χ4v) is 3.18. The number of carbonyl (C=O) groups is 1. The van der Waals surface area contributed by atoms with Gasteiger partial charge < -0.3 is 9.64 Å². The summed E-state index contributed by atoms with van der Waals surface area (Å²) >= 11 is 0. The van der Waals surface area contributed by atoms with Crippen molar-refractivity contribution in [3.63, 3.8) is 0 Å². The number of rotatable bonds is 6. The molecule has 1 atom stereocenters. The molecular formula is C14H20N2O4S. The zero-order valence-electron chi connectivity index (χ0n) is 12.2. The Hall–Kier alpha value is -1.60. The van der Waals surface area contributed by atoms with Crippen LogP contribution in [0, 0.1) is 6.92 Å². The van der Waals surface area contributed by atoms with Crippen molar-refractivity contribution >= 4 is 15.9 Å². The van der Waals surface area contributed by atoms with Crippen molar-refractivity contribution in [3.8, 4) is 5.75 Å². The van der Waals surface area contributed by atoms with Crippen LogP contribution in [0.25, 0.3) is 0 Å². The van der Waals surface area contributed by atoms with Gasteiger partial charge in [-0.1, -0.05) is 17.7 Å². The van der Waals surface area contributed by atoms with Crippen LogP contribution in [0.2, 0.25) is 0 Å². The van der Waals surface area contributed by atoms with E-state index in [1.54, 1.807) is 19.2 Å². The van der Waals surface area contributed by atoms with Gasteiger partial charge in [0.25, 0.3) is 0 Å². The molecule has 1 aromatic rings. The van der Waals surface area contributed by atoms with Crippen LogP contribution in [0.15, 0.2) is 24.3 Å². The minimum absolute atomic E-state index is 0.0507. The number of likely N-dealkylation sites (tertiary alicyclic amines) is 1. The van der Waals surface area contributed by atoms with E-state index < -0.39 is 16.1 Å². The summed E-state index contributed by atoms with van der Waals surface area (Å²) < 4.78 is 31.7. The van der Waals surface area contributed by atoms with E-state index in [1.807, 2.05) is 19.1 Å². The molecule has 1 aromatic carbocycles. The molecule has 1 saturated heterocycles. The summed E-state index contributed by atoms with van der Waals surface area (Å²) in [4.78, 5) is 13.2. The monoisotopic (exact) mass is 312 g/mol. The lowest BCUT2D eigenvalue weighted by atomic mass is 10.2. The van der Waals surface area contributed by atoms with E-state index in [1.165, 1.54) is 4.90 Å². The maximum Gasteiger partial charge on any atom is 0.240 e. The zero-order chi connectivity index (χ0) is 15.5. The molecule has 2 rings (SSSR count). The molecule has 1 amide bonds. The molecular weight excluding hydrogens is 292 g/mol. The van der Waals surface area contributed by atoms with Gasteiger partial charge in [-0.2, -0.15) is 0 Å². The summed E-state index contributed by atoms with van der Waals surface area (Å²) in [7, 11) is -1.86. The van der Waals surface area contributed by atoms with E-state index in [0.29, 0.717) is 18.7 Å². The number of hydrogen-bond acceptors (Lipinski definition) is 4. The van der Waals surface area contributed by atoms with Crippen molar-refractivity contribution in [2.24, 2.45) is 0 Å². The van der Waals surface area contributed by atoms with Crippen LogP contribution in [-0.4, -0.2) is 51.2 Å². The van der Waals surface area contributed by atoms with Gasteiger partial charge in [-0.3, -0.25) is 4.79 Å². The lowest BCUT2D eigenvalue weighted by Crippen LogP contribution is -2.42. The van der Waals surface area contributed by atoms with Gasteiger partial charge in [0.1, 0.15) is 18.4 Å². The van der Waals surface area contributed by atoms with Gasteiger partial charge in [-0.05, 0) is 25.5 Å². The first kappa shape index (κ1) is 15.8. The van der Waals surface area contributed by atoms with Crippen LogP contribution in [0.1, 0.15) is 12.0 Å². The number of sulfonamides is 1. The lowest BCUT2D eigenvalue weighted by molar-refractivity contribution is -0.127. The molecule has 1 fully saturated rings. The predicted molar refractivity (Wildman–Crippen MR) is 79.6 cm³/mol. The zero-order valence-corrected chi connectivity index (χ0v) is 13.0. The maximum absolute atomic E-state index is 11.9. The highest BCUT2D eigenvalue weighted by Gasteiger charge is 2.32. The van der Waals surface area contributed by atoms with Crippen LogP contribution in [0.3, 0.4) is 0 Å². The number of amides is 1. The van der Waals surface area contributed by atoms with Gasteiger partial charge in [-0.25, -0.2) is 13.1 Å². The normalized spacial score (nSPS) is 19.0. The smallest absolute Gasteiger partial charge is 0.240 e. The van der Waals surface area contributed by atoms with Crippen molar-refractivity contribution in [1.82, 2.24) is 9.62 Å². The first-order chi connectivity index (χ1) is 9.87. The SMILES string of the molecule is Cc1ccc(OCCS(=O)(=O)NC2CCN(C)C2=O)cc1. The highest BCUT2D eigenvalue weighted by Crippen LogP contribution is 2.12. The Morgan fingerprint density at radius 2 is 2.00 bits per heavy atom. The average molecular weight is 312 g/mol. The molecule has 0 aromatic heterocycles. The summed E-state index contributed by atoms with van der Waals surface area (Å²) in [5.41, 5.74) is 1.11. The predicted octanol–water partition coefficient (Wildman–Crippen LogP) is 0.524. The molecule has 0 bridgehead atoms. The number of carbonyl (C=O) groups excluding carboxylic acids is 1. The third kappa shape index (κ3) is 4.44. The van der Waals surface area contributed by atoms with Gasteiger partial charge in [0.15, 0.2) is 0 Å². The topological polar surface area (TPSA) is 75.7 Å². The quantitative estimate of drug-likeness (QED) is 0.831. The summed E-state index contributed by atoms with van der Waals surface area (Å²) in [6.07, 6.45) is 0.507. The molecule has 0 aliphatic carbocycles. The fraction of sp³-hybridized carbons (Fsp3) is 0.500. The van der Waals surface area contributed by atoms with Crippen LogP contribution in [0.5, 0.6) is 5.75 Å². The van der Waals surface area contributed by atoms with Crippen molar-refractivity contribution in [1.29, 1.82) is 0 Å². The summed E-state index contributed by atoms with van der Waals surface area (Å²) in [5, 5.41) is 0. The third-order valence-corrected chi connectivity index (χ3v) is 4.74. The summed E-state index contributed by atoms with van der Waals surface area (Å²) in [5.74, 6) is 0.277. The Kier molecular flexibility index (Phi) is 4.84. The van der Waals surface area contributed by atoms with Crippen molar-refractivity contribution in [3.05, 3.63) is 29.8 Å². The molecule has 0 spiro atoms. The summed E-state index contributed by atoms with van der Waals surface area (Å²) in [6, 6.07) is 6.75. The van der Waals surface area contributed by atoms with Crippen LogP contribution < -0.4 is 9.46 Å². The second-order valence-corrected chi connectivity index (χ2v) is 7.07. The molecule has 116 valence electrons. The first-order valence-corrected chi connectivity index (χ1v) is 8.47. The Bertz CT molecular complexity index is 598. The van der Waals surface area contributed by atoms with Gasteiger partial charge >= 0.3 is 0 Å². The standard InChI is InChI=1S/C14H20N2O4S/c1-11-3-5-12(6-4-11)20-9-10-21(18,19)15-13-7-8-16(2)14(13)17/h3-6,13,15H,7-10H2,1-2H3. The van der Waals surface area contributed by atoms with E-state index in [9.17, 15) is 13.2 Å².